The van der Waals surface area contributed by atoms with Gasteiger partial charge in [0.2, 0.25) is 0 Å². The van der Waals surface area contributed by atoms with Crippen LogP contribution in [0.1, 0.15) is 115 Å². The average molecular weight is 445 g/mol. The van der Waals surface area contributed by atoms with Gasteiger partial charge in [-0.05, 0) is 100 Å². The lowest BCUT2D eigenvalue weighted by Gasteiger charge is -2.49. The molecule has 0 amide bonds. The van der Waals surface area contributed by atoms with Crippen molar-refractivity contribution in [2.75, 3.05) is 6.61 Å². The molecule has 32 heavy (non-hydrogen) atoms. The molecule has 3 nitrogen and oxygen atoms in total. The van der Waals surface area contributed by atoms with Gasteiger partial charge in [0.1, 0.15) is 17.2 Å². The molecular weight excluding hydrogens is 403 g/mol. The molecule has 178 valence electrons. The van der Waals surface area contributed by atoms with E-state index in [-0.39, 0.29) is 16.4 Å². The molecule has 4 rings (SSSR count). The lowest BCUT2D eigenvalue weighted by Crippen LogP contribution is -2.44. The molecule has 1 aromatic rings. The summed E-state index contributed by atoms with van der Waals surface area (Å²) < 4.78 is 26.9. The summed E-state index contributed by atoms with van der Waals surface area (Å²) in [5.74, 6) is 0.654. The van der Waals surface area contributed by atoms with Crippen LogP contribution in [-0.4, -0.2) is 18.2 Å². The highest BCUT2D eigenvalue weighted by atomic mass is 19.1. The van der Waals surface area contributed by atoms with Crippen LogP contribution in [0.4, 0.5) is 4.39 Å². The third-order valence-electron chi connectivity index (χ3n) is 8.63. The van der Waals surface area contributed by atoms with Crippen LogP contribution in [-0.2, 0) is 4.74 Å². The molecule has 1 atom stereocenters. The quantitative estimate of drug-likeness (QED) is 0.437. The van der Waals surface area contributed by atoms with Crippen molar-refractivity contribution in [2.24, 2.45) is 22.2 Å². The van der Waals surface area contributed by atoms with Crippen LogP contribution < -0.4 is 4.74 Å². The Morgan fingerprint density at radius 3 is 2.12 bits per heavy atom. The lowest BCUT2D eigenvalue weighted by atomic mass is 9.57. The van der Waals surface area contributed by atoms with Crippen molar-refractivity contribution in [3.8, 4) is 5.75 Å². The van der Waals surface area contributed by atoms with Crippen LogP contribution >= 0.6 is 0 Å². The zero-order valence-corrected chi connectivity index (χ0v) is 21.1. The second kappa shape index (κ2) is 7.74. The first kappa shape index (κ1) is 23.6. The molecular formula is C28H41FO3. The topological polar surface area (TPSA) is 35.5 Å². The van der Waals surface area contributed by atoms with E-state index in [9.17, 15) is 4.79 Å². The van der Waals surface area contributed by atoms with E-state index in [0.717, 1.165) is 37.2 Å². The van der Waals surface area contributed by atoms with Gasteiger partial charge >= 0.3 is 5.97 Å². The summed E-state index contributed by atoms with van der Waals surface area (Å²) in [5, 5.41) is 0. The number of halogens is 1. The van der Waals surface area contributed by atoms with E-state index < -0.39 is 17.4 Å². The molecule has 3 fully saturated rings. The number of hydrogen-bond donors (Lipinski definition) is 0. The van der Waals surface area contributed by atoms with Gasteiger partial charge in [0.05, 0.1) is 12.2 Å². The van der Waals surface area contributed by atoms with Crippen molar-refractivity contribution in [1.29, 1.82) is 0 Å². The fourth-order valence-corrected chi connectivity index (χ4v) is 5.70. The summed E-state index contributed by atoms with van der Waals surface area (Å²) in [6.07, 6.45) is 8.36. The highest BCUT2D eigenvalue weighted by Crippen LogP contribution is 2.66. The van der Waals surface area contributed by atoms with Gasteiger partial charge in [0, 0.05) is 11.5 Å². The van der Waals surface area contributed by atoms with Crippen LogP contribution in [0.15, 0.2) is 12.1 Å². The molecule has 4 heteroatoms. The molecule has 1 aromatic carbocycles. The number of hydrogen-bond acceptors (Lipinski definition) is 3. The van der Waals surface area contributed by atoms with Gasteiger partial charge in [0.25, 0.3) is 0 Å². The van der Waals surface area contributed by atoms with E-state index in [1.165, 1.54) is 25.3 Å². The number of ether oxygens (including phenoxy) is 2. The summed E-state index contributed by atoms with van der Waals surface area (Å²) >= 11 is 0. The maximum absolute atomic E-state index is 15.0. The molecule has 0 saturated heterocycles. The van der Waals surface area contributed by atoms with E-state index >= 15 is 4.39 Å². The molecule has 0 bridgehead atoms. The number of rotatable bonds is 5. The Morgan fingerprint density at radius 2 is 1.66 bits per heavy atom. The number of esters is 1. The normalized spacial score (nSPS) is 30.3. The smallest absolute Gasteiger partial charge is 0.341 e. The summed E-state index contributed by atoms with van der Waals surface area (Å²) in [5.41, 5.74) is 1.09. The average Bonchev–Trinajstić information content (AvgIpc) is 3.58. The second-order valence-corrected chi connectivity index (χ2v) is 12.9. The van der Waals surface area contributed by atoms with Gasteiger partial charge in [-0.3, -0.25) is 0 Å². The Morgan fingerprint density at radius 1 is 1.06 bits per heavy atom. The number of benzene rings is 1. The SMILES string of the molecule is CC1CC12CCC(COc1cc(F)c(C(=O)OC(C)(C)C)cc1C1CC1)(C(C)(C)C)CC2. The maximum atomic E-state index is 15.0. The number of carbonyl (C=O) groups is 1. The minimum Gasteiger partial charge on any atom is -0.493 e. The molecule has 3 saturated carbocycles. The Bertz CT molecular complexity index is 877. The second-order valence-electron chi connectivity index (χ2n) is 12.9. The molecule has 1 unspecified atom stereocenters. The van der Waals surface area contributed by atoms with Crippen LogP contribution in [0.2, 0.25) is 0 Å². The predicted octanol–water partition coefficient (Wildman–Crippen LogP) is 7.67. The van der Waals surface area contributed by atoms with E-state index in [0.29, 0.717) is 23.7 Å². The zero-order valence-electron chi connectivity index (χ0n) is 21.1. The third-order valence-corrected chi connectivity index (χ3v) is 8.63. The first-order chi connectivity index (χ1) is 14.8. The molecule has 0 aliphatic heterocycles. The summed E-state index contributed by atoms with van der Waals surface area (Å²) in [4.78, 5) is 12.6. The first-order valence-electron chi connectivity index (χ1n) is 12.4. The van der Waals surface area contributed by atoms with Crippen molar-refractivity contribution in [1.82, 2.24) is 0 Å². The highest BCUT2D eigenvalue weighted by molar-refractivity contribution is 5.90. The molecule has 3 aliphatic rings. The minimum atomic E-state index is -0.658. The lowest BCUT2D eigenvalue weighted by molar-refractivity contribution is -0.0267. The Balaban J connectivity index is 1.55. The standard InChI is InChI=1S/C28H41FO3/c1-18-16-27(18)10-12-28(13-11-27,25(2,3)4)17-31-23-15-22(29)21(14-20(23)19-8-9-19)24(30)32-26(5,6)7/h14-15,18-19H,8-13,16-17H2,1-7H3. The predicted molar refractivity (Wildman–Crippen MR) is 126 cm³/mol. The van der Waals surface area contributed by atoms with Crippen molar-refractivity contribution in [3.63, 3.8) is 0 Å². The fourth-order valence-electron chi connectivity index (χ4n) is 5.70. The van der Waals surface area contributed by atoms with E-state index in [4.69, 9.17) is 9.47 Å². The molecule has 0 N–H and O–H groups in total. The van der Waals surface area contributed by atoms with Crippen LogP contribution in [0, 0.1) is 28.0 Å². The summed E-state index contributed by atoms with van der Waals surface area (Å²) in [6, 6.07) is 3.11. The molecule has 0 heterocycles. The van der Waals surface area contributed by atoms with Crippen molar-refractivity contribution in [3.05, 3.63) is 29.1 Å². The Hall–Kier alpha value is -1.58. The first-order valence-corrected chi connectivity index (χ1v) is 12.4. The largest absolute Gasteiger partial charge is 0.493 e. The van der Waals surface area contributed by atoms with Gasteiger partial charge < -0.3 is 9.47 Å². The molecule has 1 spiro atoms. The van der Waals surface area contributed by atoms with E-state index in [1.807, 2.05) is 0 Å². The van der Waals surface area contributed by atoms with Crippen molar-refractivity contribution in [2.45, 2.75) is 105 Å². The van der Waals surface area contributed by atoms with E-state index in [1.54, 1.807) is 26.8 Å². The zero-order chi connectivity index (χ0) is 23.5. The van der Waals surface area contributed by atoms with Crippen LogP contribution in [0.5, 0.6) is 5.75 Å². The van der Waals surface area contributed by atoms with E-state index in [2.05, 4.69) is 27.7 Å². The highest BCUT2D eigenvalue weighted by Gasteiger charge is 2.57. The maximum Gasteiger partial charge on any atom is 0.341 e. The summed E-state index contributed by atoms with van der Waals surface area (Å²) in [7, 11) is 0. The molecule has 0 aromatic heterocycles. The molecule has 3 aliphatic carbocycles. The van der Waals surface area contributed by atoms with Gasteiger partial charge in [-0.15, -0.1) is 0 Å². The minimum absolute atomic E-state index is 0.0158. The summed E-state index contributed by atoms with van der Waals surface area (Å²) in [6.45, 7) is 15.3. The molecule has 0 radical (unpaired) electrons. The van der Waals surface area contributed by atoms with Crippen LogP contribution in [0.3, 0.4) is 0 Å². The van der Waals surface area contributed by atoms with Gasteiger partial charge in [0.15, 0.2) is 0 Å². The number of carbonyl (C=O) groups excluding carboxylic acids is 1. The monoisotopic (exact) mass is 444 g/mol. The van der Waals surface area contributed by atoms with Crippen LogP contribution in [0.25, 0.3) is 0 Å². The Labute approximate surface area is 193 Å². The van der Waals surface area contributed by atoms with Gasteiger partial charge in [-0.25, -0.2) is 9.18 Å². The van der Waals surface area contributed by atoms with Gasteiger partial charge in [-0.1, -0.05) is 27.7 Å². The van der Waals surface area contributed by atoms with Crippen molar-refractivity contribution >= 4 is 5.97 Å². The van der Waals surface area contributed by atoms with Crippen molar-refractivity contribution < 1.29 is 18.7 Å². The fraction of sp³-hybridized carbons (Fsp3) is 0.750. The van der Waals surface area contributed by atoms with Gasteiger partial charge in [-0.2, -0.15) is 0 Å². The third kappa shape index (κ3) is 4.56. The Kier molecular flexibility index (Phi) is 5.70.